The number of hydrogen-bond acceptors (Lipinski definition) is 2. The largest absolute Gasteiger partial charge is 0.259 e. The van der Waals surface area contributed by atoms with Gasteiger partial charge in [0.1, 0.15) is 6.33 Å². The molecule has 1 heterocycles. The molecule has 1 N–H and O–H groups in total. The van der Waals surface area contributed by atoms with E-state index in [0.29, 0.717) is 0 Å². The van der Waals surface area contributed by atoms with Gasteiger partial charge in [0.15, 0.2) is 13.1 Å². The van der Waals surface area contributed by atoms with E-state index in [0.717, 1.165) is 28.7 Å². The molecular weight excluding hydrogens is 197 g/mol. The monoisotopic (exact) mass is 210 g/mol. The number of hydrogen-bond donors (Lipinski definition) is 1. The summed E-state index contributed by atoms with van der Waals surface area (Å²) >= 11 is 0. The van der Waals surface area contributed by atoms with E-state index in [4.69, 9.17) is 0 Å². The number of benzene rings is 1. The smallest absolute Gasteiger partial charge is 0.185 e. The summed E-state index contributed by atoms with van der Waals surface area (Å²) in [6.45, 7) is 6.07. The molecule has 0 unspecified atom stereocenters. The van der Waals surface area contributed by atoms with E-state index in [2.05, 4.69) is 48.1 Å². The summed E-state index contributed by atoms with van der Waals surface area (Å²) in [5.41, 5.74) is 3.30. The van der Waals surface area contributed by atoms with Gasteiger partial charge in [0.05, 0.1) is 0 Å². The maximum Gasteiger partial charge on any atom is 0.185 e. The van der Waals surface area contributed by atoms with Gasteiger partial charge in [-0.1, -0.05) is 36.7 Å². The molecular formula is C12H13BN3. The van der Waals surface area contributed by atoms with E-state index in [-0.39, 0.29) is 0 Å². The lowest BCUT2D eigenvalue weighted by Gasteiger charge is -2.03. The SMILES string of the molecule is C=C([B]c1cccc(-c2ncn[nH]2)c1)CC. The van der Waals surface area contributed by atoms with Crippen LogP contribution in [0.4, 0.5) is 0 Å². The van der Waals surface area contributed by atoms with Crippen molar-refractivity contribution < 1.29 is 0 Å². The second-order valence-electron chi connectivity index (χ2n) is 3.62. The molecule has 0 saturated heterocycles. The number of H-pyrrole nitrogens is 1. The van der Waals surface area contributed by atoms with Crippen LogP contribution in [0.5, 0.6) is 0 Å². The van der Waals surface area contributed by atoms with Crippen LogP contribution in [0.15, 0.2) is 42.6 Å². The van der Waals surface area contributed by atoms with Crippen molar-refractivity contribution in [1.82, 2.24) is 15.2 Å². The lowest BCUT2D eigenvalue weighted by molar-refractivity contribution is 1.10. The molecule has 4 heteroatoms. The molecule has 1 aromatic carbocycles. The molecule has 79 valence electrons. The summed E-state index contributed by atoms with van der Waals surface area (Å²) in [7, 11) is 2.08. The first-order valence-electron chi connectivity index (χ1n) is 5.28. The predicted octanol–water partition coefficient (Wildman–Crippen LogP) is 1.72. The van der Waals surface area contributed by atoms with E-state index in [1.54, 1.807) is 0 Å². The second-order valence-corrected chi connectivity index (χ2v) is 3.62. The van der Waals surface area contributed by atoms with E-state index in [1.165, 1.54) is 6.33 Å². The molecule has 0 spiro atoms. The van der Waals surface area contributed by atoms with Gasteiger partial charge in [0.25, 0.3) is 0 Å². The number of allylic oxidation sites excluding steroid dienone is 1. The first kappa shape index (κ1) is 10.7. The molecule has 0 amide bonds. The van der Waals surface area contributed by atoms with Crippen molar-refractivity contribution in [1.29, 1.82) is 0 Å². The van der Waals surface area contributed by atoms with Crippen LogP contribution in [-0.4, -0.2) is 22.5 Å². The number of nitrogens with zero attached hydrogens (tertiary/aromatic N) is 2. The molecule has 16 heavy (non-hydrogen) atoms. The maximum absolute atomic E-state index is 4.12. The molecule has 0 bridgehead atoms. The third-order valence-corrected chi connectivity index (χ3v) is 2.40. The Balaban J connectivity index is 2.23. The molecule has 1 aromatic heterocycles. The third kappa shape index (κ3) is 2.39. The first-order chi connectivity index (χ1) is 7.79. The van der Waals surface area contributed by atoms with Gasteiger partial charge in [-0.25, -0.2) is 4.98 Å². The summed E-state index contributed by atoms with van der Waals surface area (Å²) in [6.07, 6.45) is 2.48. The Morgan fingerprint density at radius 1 is 1.50 bits per heavy atom. The van der Waals surface area contributed by atoms with Crippen LogP contribution in [0.25, 0.3) is 11.4 Å². The molecule has 2 rings (SSSR count). The molecule has 0 aliphatic carbocycles. The van der Waals surface area contributed by atoms with Gasteiger partial charge in [-0.05, 0) is 6.42 Å². The highest BCUT2D eigenvalue weighted by Crippen LogP contribution is 2.11. The van der Waals surface area contributed by atoms with Crippen molar-refractivity contribution in [2.45, 2.75) is 13.3 Å². The van der Waals surface area contributed by atoms with E-state index >= 15 is 0 Å². The second kappa shape index (κ2) is 4.79. The highest BCUT2D eigenvalue weighted by atomic mass is 15.2. The summed E-state index contributed by atoms with van der Waals surface area (Å²) < 4.78 is 0. The number of nitrogens with one attached hydrogen (secondary N) is 1. The zero-order valence-corrected chi connectivity index (χ0v) is 9.27. The lowest BCUT2D eigenvalue weighted by Crippen LogP contribution is -2.15. The van der Waals surface area contributed by atoms with Crippen LogP contribution in [0, 0.1) is 0 Å². The molecule has 0 atom stereocenters. The third-order valence-electron chi connectivity index (χ3n) is 2.40. The van der Waals surface area contributed by atoms with Crippen LogP contribution in [0.2, 0.25) is 0 Å². The van der Waals surface area contributed by atoms with Gasteiger partial charge in [-0.15, -0.1) is 12.1 Å². The minimum absolute atomic E-state index is 0.789. The van der Waals surface area contributed by atoms with Crippen molar-refractivity contribution in [3.05, 3.63) is 42.6 Å². The van der Waals surface area contributed by atoms with Crippen molar-refractivity contribution in [3.63, 3.8) is 0 Å². The highest BCUT2D eigenvalue weighted by Gasteiger charge is 2.03. The van der Waals surface area contributed by atoms with Gasteiger partial charge in [0.2, 0.25) is 0 Å². The molecule has 2 aromatic rings. The molecule has 1 radical (unpaired) electrons. The van der Waals surface area contributed by atoms with Crippen molar-refractivity contribution in [2.24, 2.45) is 0 Å². The van der Waals surface area contributed by atoms with E-state index in [1.807, 2.05) is 12.1 Å². The van der Waals surface area contributed by atoms with Crippen molar-refractivity contribution >= 4 is 12.7 Å². The minimum atomic E-state index is 0.789. The summed E-state index contributed by atoms with van der Waals surface area (Å²) in [5, 5.41) is 6.69. The Hall–Kier alpha value is -1.84. The Kier molecular flexibility index (Phi) is 3.20. The summed E-state index contributed by atoms with van der Waals surface area (Å²) in [4.78, 5) is 4.12. The highest BCUT2D eigenvalue weighted by molar-refractivity contribution is 6.60. The first-order valence-corrected chi connectivity index (χ1v) is 5.28. The maximum atomic E-state index is 4.12. The van der Waals surface area contributed by atoms with Crippen LogP contribution in [0.1, 0.15) is 13.3 Å². The van der Waals surface area contributed by atoms with Crippen molar-refractivity contribution in [2.75, 3.05) is 0 Å². The lowest BCUT2D eigenvalue weighted by atomic mass is 9.63. The van der Waals surface area contributed by atoms with Crippen LogP contribution in [-0.2, 0) is 0 Å². The van der Waals surface area contributed by atoms with Crippen LogP contribution in [0.3, 0.4) is 0 Å². The van der Waals surface area contributed by atoms with Crippen LogP contribution < -0.4 is 5.46 Å². The molecule has 0 saturated carbocycles. The number of aromatic nitrogens is 3. The van der Waals surface area contributed by atoms with Crippen molar-refractivity contribution in [3.8, 4) is 11.4 Å². The fourth-order valence-electron chi connectivity index (χ4n) is 1.46. The van der Waals surface area contributed by atoms with Gasteiger partial charge in [-0.3, -0.25) is 5.10 Å². The Morgan fingerprint density at radius 2 is 2.38 bits per heavy atom. The standard InChI is InChI=1S/C12H13BN3/c1-3-9(2)13-11-6-4-5-10(7-11)12-14-8-15-16-12/h4-8H,2-3H2,1H3,(H,14,15,16). The molecule has 3 nitrogen and oxygen atoms in total. The van der Waals surface area contributed by atoms with Gasteiger partial charge < -0.3 is 0 Å². The minimum Gasteiger partial charge on any atom is -0.259 e. The van der Waals surface area contributed by atoms with Gasteiger partial charge >= 0.3 is 0 Å². The topological polar surface area (TPSA) is 41.6 Å². The van der Waals surface area contributed by atoms with Gasteiger partial charge in [0, 0.05) is 5.56 Å². The zero-order chi connectivity index (χ0) is 11.4. The Labute approximate surface area is 95.9 Å². The summed E-state index contributed by atoms with van der Waals surface area (Å²) in [6, 6.07) is 8.14. The average Bonchev–Trinajstić information content (AvgIpc) is 2.83. The predicted molar refractivity (Wildman–Crippen MR) is 66.6 cm³/mol. The van der Waals surface area contributed by atoms with E-state index in [9.17, 15) is 0 Å². The van der Waals surface area contributed by atoms with E-state index < -0.39 is 0 Å². The van der Waals surface area contributed by atoms with Crippen LogP contribution >= 0.6 is 0 Å². The summed E-state index contributed by atoms with van der Waals surface area (Å²) in [5.74, 6) is 0.789. The fraction of sp³-hybridized carbons (Fsp3) is 0.167. The normalized spacial score (nSPS) is 10.1. The number of rotatable bonds is 4. The number of aromatic amines is 1. The quantitative estimate of drug-likeness (QED) is 0.780. The molecule has 0 fully saturated rings. The molecule has 0 aliphatic heterocycles. The Bertz CT molecular complexity index is 477. The van der Waals surface area contributed by atoms with Gasteiger partial charge in [-0.2, -0.15) is 5.10 Å². The fourth-order valence-corrected chi connectivity index (χ4v) is 1.46. The Morgan fingerprint density at radius 3 is 3.06 bits per heavy atom. The molecule has 0 aliphatic rings. The zero-order valence-electron chi connectivity index (χ0n) is 9.27. The average molecular weight is 210 g/mol.